The predicted octanol–water partition coefficient (Wildman–Crippen LogP) is 3.61. The first-order valence-corrected chi connectivity index (χ1v) is 8.07. The Labute approximate surface area is 137 Å². The van der Waals surface area contributed by atoms with Crippen molar-refractivity contribution >= 4 is 17.7 Å². The molecule has 0 spiro atoms. The topological polar surface area (TPSA) is 55.6 Å². The van der Waals surface area contributed by atoms with Gasteiger partial charge in [0.25, 0.3) is 0 Å². The van der Waals surface area contributed by atoms with Crippen LogP contribution in [0.3, 0.4) is 0 Å². The summed E-state index contributed by atoms with van der Waals surface area (Å²) in [6, 6.07) is 7.79. The minimum absolute atomic E-state index is 0.257. The number of amides is 1. The summed E-state index contributed by atoms with van der Waals surface area (Å²) in [7, 11) is 0. The first kappa shape index (κ1) is 17.1. The molecule has 0 aromatic heterocycles. The Bertz CT molecular complexity index is 532. The summed E-state index contributed by atoms with van der Waals surface area (Å²) in [6.07, 6.45) is 1.97. The van der Waals surface area contributed by atoms with Crippen LogP contribution in [0.1, 0.15) is 39.2 Å². The highest BCUT2D eigenvalue weighted by Crippen LogP contribution is 2.28. The highest BCUT2D eigenvalue weighted by Gasteiger charge is 2.34. The van der Waals surface area contributed by atoms with Gasteiger partial charge in [0, 0.05) is 23.7 Å². The van der Waals surface area contributed by atoms with Crippen molar-refractivity contribution in [3.63, 3.8) is 0 Å². The van der Waals surface area contributed by atoms with E-state index in [4.69, 9.17) is 22.1 Å². The standard InChI is InChI=1S/C17H25ClN2O2/c1-16(2,3)22-15(21)20-10-8-17(19,9-11-20)12-13-6-4-5-7-14(13)18/h4-7H,8-12,19H2,1-3H3. The Morgan fingerprint density at radius 2 is 1.91 bits per heavy atom. The fourth-order valence-electron chi connectivity index (χ4n) is 2.66. The number of benzene rings is 1. The predicted molar refractivity (Wildman–Crippen MR) is 89.1 cm³/mol. The molecule has 0 atom stereocenters. The number of hydrogen-bond donors (Lipinski definition) is 1. The zero-order valence-electron chi connectivity index (χ0n) is 13.6. The van der Waals surface area contributed by atoms with Gasteiger partial charge in [0.15, 0.2) is 0 Å². The molecule has 1 fully saturated rings. The lowest BCUT2D eigenvalue weighted by Crippen LogP contribution is -2.53. The summed E-state index contributed by atoms with van der Waals surface area (Å²) < 4.78 is 5.41. The second-order valence-electron chi connectivity index (χ2n) is 7.10. The number of nitrogens with zero attached hydrogens (tertiary/aromatic N) is 1. The Morgan fingerprint density at radius 1 is 1.32 bits per heavy atom. The van der Waals surface area contributed by atoms with Gasteiger partial charge in [-0.15, -0.1) is 0 Å². The number of halogens is 1. The fraction of sp³-hybridized carbons (Fsp3) is 0.588. The van der Waals surface area contributed by atoms with Crippen molar-refractivity contribution in [3.05, 3.63) is 34.9 Å². The molecule has 1 aliphatic rings. The van der Waals surface area contributed by atoms with Gasteiger partial charge in [0.05, 0.1) is 0 Å². The molecule has 1 heterocycles. The average molecular weight is 325 g/mol. The molecule has 2 rings (SSSR count). The second kappa shape index (κ2) is 6.47. The minimum atomic E-state index is -0.466. The van der Waals surface area contributed by atoms with Gasteiger partial charge in [-0.25, -0.2) is 4.79 Å². The number of carbonyl (C=O) groups is 1. The van der Waals surface area contributed by atoms with Gasteiger partial charge in [-0.3, -0.25) is 0 Å². The van der Waals surface area contributed by atoms with Crippen LogP contribution < -0.4 is 5.73 Å². The van der Waals surface area contributed by atoms with E-state index in [1.165, 1.54) is 0 Å². The molecule has 1 amide bonds. The summed E-state index contributed by atoms with van der Waals surface area (Å²) in [4.78, 5) is 13.8. The number of carbonyl (C=O) groups excluding carboxylic acids is 1. The molecule has 1 saturated heterocycles. The lowest BCUT2D eigenvalue weighted by atomic mass is 9.83. The van der Waals surface area contributed by atoms with E-state index in [1.54, 1.807) is 4.90 Å². The van der Waals surface area contributed by atoms with Crippen LogP contribution in [0.25, 0.3) is 0 Å². The van der Waals surface area contributed by atoms with Gasteiger partial charge < -0.3 is 15.4 Å². The molecule has 0 unspecified atom stereocenters. The molecule has 1 aromatic rings. The van der Waals surface area contributed by atoms with Crippen molar-refractivity contribution in [1.82, 2.24) is 4.90 Å². The first-order valence-electron chi connectivity index (χ1n) is 7.69. The van der Waals surface area contributed by atoms with Gasteiger partial charge in [0.1, 0.15) is 5.60 Å². The van der Waals surface area contributed by atoms with E-state index < -0.39 is 5.60 Å². The molecule has 0 aliphatic carbocycles. The van der Waals surface area contributed by atoms with Gasteiger partial charge in [-0.2, -0.15) is 0 Å². The summed E-state index contributed by atoms with van der Waals surface area (Å²) >= 11 is 6.22. The Balaban J connectivity index is 1.93. The van der Waals surface area contributed by atoms with Crippen molar-refractivity contribution in [2.24, 2.45) is 5.73 Å². The molecule has 1 aliphatic heterocycles. The van der Waals surface area contributed by atoms with E-state index in [-0.39, 0.29) is 11.6 Å². The third kappa shape index (κ3) is 4.62. The Morgan fingerprint density at radius 3 is 2.45 bits per heavy atom. The maximum absolute atomic E-state index is 12.1. The maximum atomic E-state index is 12.1. The van der Waals surface area contributed by atoms with E-state index in [2.05, 4.69) is 0 Å². The number of piperidine rings is 1. The van der Waals surface area contributed by atoms with Crippen molar-refractivity contribution in [3.8, 4) is 0 Å². The van der Waals surface area contributed by atoms with E-state index in [9.17, 15) is 4.79 Å². The molecular formula is C17H25ClN2O2. The highest BCUT2D eigenvalue weighted by molar-refractivity contribution is 6.31. The molecule has 122 valence electrons. The molecule has 5 heteroatoms. The molecule has 4 nitrogen and oxygen atoms in total. The van der Waals surface area contributed by atoms with Crippen LogP contribution >= 0.6 is 11.6 Å². The van der Waals surface area contributed by atoms with E-state index in [1.807, 2.05) is 45.0 Å². The van der Waals surface area contributed by atoms with E-state index >= 15 is 0 Å². The number of ether oxygens (including phenoxy) is 1. The van der Waals surface area contributed by atoms with Crippen LogP contribution in [0.2, 0.25) is 5.02 Å². The normalized spacial score (nSPS) is 18.1. The molecule has 0 bridgehead atoms. The van der Waals surface area contributed by atoms with Gasteiger partial charge >= 0.3 is 6.09 Å². The summed E-state index contributed by atoms with van der Waals surface area (Å²) in [5.74, 6) is 0. The van der Waals surface area contributed by atoms with Crippen LogP contribution in [0.4, 0.5) is 4.79 Å². The minimum Gasteiger partial charge on any atom is -0.444 e. The molecular weight excluding hydrogens is 300 g/mol. The Kier molecular flexibility index (Phi) is 5.03. The van der Waals surface area contributed by atoms with Gasteiger partial charge in [-0.1, -0.05) is 29.8 Å². The van der Waals surface area contributed by atoms with Crippen molar-refractivity contribution in [2.75, 3.05) is 13.1 Å². The molecule has 0 saturated carbocycles. The summed E-state index contributed by atoms with van der Waals surface area (Å²) in [6.45, 7) is 6.87. The fourth-order valence-corrected chi connectivity index (χ4v) is 2.86. The summed E-state index contributed by atoms with van der Waals surface area (Å²) in [5, 5.41) is 0.752. The van der Waals surface area contributed by atoms with Crippen LogP contribution in [0, 0.1) is 0 Å². The van der Waals surface area contributed by atoms with Crippen LogP contribution in [0.15, 0.2) is 24.3 Å². The lowest BCUT2D eigenvalue weighted by Gasteiger charge is -2.39. The SMILES string of the molecule is CC(C)(C)OC(=O)N1CCC(N)(Cc2ccccc2Cl)CC1. The van der Waals surface area contributed by atoms with E-state index in [0.29, 0.717) is 13.1 Å². The summed E-state index contributed by atoms with van der Waals surface area (Å²) in [5.41, 5.74) is 6.80. The second-order valence-corrected chi connectivity index (χ2v) is 7.51. The smallest absolute Gasteiger partial charge is 0.410 e. The molecule has 22 heavy (non-hydrogen) atoms. The maximum Gasteiger partial charge on any atom is 0.410 e. The van der Waals surface area contributed by atoms with E-state index in [0.717, 1.165) is 29.8 Å². The van der Waals surface area contributed by atoms with Crippen LogP contribution in [0.5, 0.6) is 0 Å². The van der Waals surface area contributed by atoms with Gasteiger partial charge in [0.2, 0.25) is 0 Å². The quantitative estimate of drug-likeness (QED) is 0.904. The van der Waals surface area contributed by atoms with Gasteiger partial charge in [-0.05, 0) is 51.7 Å². The van der Waals surface area contributed by atoms with Crippen LogP contribution in [-0.4, -0.2) is 35.2 Å². The third-order valence-electron chi connectivity index (χ3n) is 3.91. The lowest BCUT2D eigenvalue weighted by molar-refractivity contribution is 0.0169. The third-order valence-corrected chi connectivity index (χ3v) is 4.28. The number of hydrogen-bond acceptors (Lipinski definition) is 3. The molecule has 1 aromatic carbocycles. The number of nitrogens with two attached hydrogens (primary N) is 1. The van der Waals surface area contributed by atoms with Crippen molar-refractivity contribution < 1.29 is 9.53 Å². The average Bonchev–Trinajstić information content (AvgIpc) is 2.40. The monoisotopic (exact) mass is 324 g/mol. The highest BCUT2D eigenvalue weighted by atomic mass is 35.5. The number of likely N-dealkylation sites (tertiary alicyclic amines) is 1. The molecule has 2 N–H and O–H groups in total. The largest absolute Gasteiger partial charge is 0.444 e. The molecule has 0 radical (unpaired) electrons. The Hall–Kier alpha value is -1.26. The zero-order valence-corrected chi connectivity index (χ0v) is 14.3. The first-order chi connectivity index (χ1) is 10.2. The van der Waals surface area contributed by atoms with Crippen molar-refractivity contribution in [1.29, 1.82) is 0 Å². The van der Waals surface area contributed by atoms with Crippen LogP contribution in [-0.2, 0) is 11.2 Å². The zero-order chi connectivity index (χ0) is 16.4. The van der Waals surface area contributed by atoms with Crippen molar-refractivity contribution in [2.45, 2.75) is 51.2 Å². The number of rotatable bonds is 2.